The Bertz CT molecular complexity index is 1610. The van der Waals surface area contributed by atoms with Gasteiger partial charge >= 0.3 is 0 Å². The Hall–Kier alpha value is -4.26. The molecular formula is C30H18N4S2. The summed E-state index contributed by atoms with van der Waals surface area (Å²) in [5, 5.41) is 8.82. The van der Waals surface area contributed by atoms with Gasteiger partial charge in [-0.1, -0.05) is 60.7 Å². The van der Waals surface area contributed by atoms with Gasteiger partial charge in [0.25, 0.3) is 0 Å². The number of hydrogen-bond acceptors (Lipinski definition) is 6. The van der Waals surface area contributed by atoms with Gasteiger partial charge in [-0.25, -0.2) is 9.97 Å². The Labute approximate surface area is 215 Å². The van der Waals surface area contributed by atoms with Crippen LogP contribution in [0.1, 0.15) is 0 Å². The van der Waals surface area contributed by atoms with Crippen LogP contribution in [0.4, 0.5) is 0 Å². The van der Waals surface area contributed by atoms with Gasteiger partial charge < -0.3 is 0 Å². The minimum Gasteiger partial charge on any atom is -0.254 e. The number of aromatic nitrogens is 4. The maximum absolute atomic E-state index is 4.75. The van der Waals surface area contributed by atoms with E-state index in [2.05, 4.69) is 82.8 Å². The van der Waals surface area contributed by atoms with Crippen molar-refractivity contribution in [2.24, 2.45) is 0 Å². The van der Waals surface area contributed by atoms with Crippen LogP contribution < -0.4 is 0 Å². The summed E-state index contributed by atoms with van der Waals surface area (Å²) in [4.78, 5) is 18.3. The molecule has 0 saturated heterocycles. The molecule has 0 amide bonds. The molecule has 0 N–H and O–H groups in total. The van der Waals surface area contributed by atoms with Crippen molar-refractivity contribution in [3.63, 3.8) is 0 Å². The highest BCUT2D eigenvalue weighted by Gasteiger charge is 2.17. The molecule has 0 atom stereocenters. The van der Waals surface area contributed by atoms with Gasteiger partial charge in [0.05, 0.1) is 33.8 Å². The van der Waals surface area contributed by atoms with Crippen LogP contribution in [0, 0.1) is 0 Å². The van der Waals surface area contributed by atoms with Gasteiger partial charge in [-0.15, -0.1) is 22.7 Å². The number of thiazole rings is 2. The van der Waals surface area contributed by atoms with Gasteiger partial charge in [0.2, 0.25) is 0 Å². The summed E-state index contributed by atoms with van der Waals surface area (Å²) in [6, 6.07) is 25.6. The van der Waals surface area contributed by atoms with E-state index in [1.54, 1.807) is 22.7 Å². The number of fused-ring (bicyclic) bond motifs is 2. The molecule has 0 saturated carbocycles. The minimum absolute atomic E-state index is 0.886. The Morgan fingerprint density at radius 1 is 0.417 bits per heavy atom. The van der Waals surface area contributed by atoms with Gasteiger partial charge in [-0.2, -0.15) is 0 Å². The first-order valence-electron chi connectivity index (χ1n) is 11.5. The number of rotatable bonds is 4. The molecule has 4 aromatic heterocycles. The summed E-state index contributed by atoms with van der Waals surface area (Å²) in [5.41, 5.74) is 11.8. The van der Waals surface area contributed by atoms with E-state index in [0.29, 0.717) is 0 Å². The van der Waals surface area contributed by atoms with Crippen molar-refractivity contribution < 1.29 is 0 Å². The van der Waals surface area contributed by atoms with E-state index in [1.165, 1.54) is 32.7 Å². The van der Waals surface area contributed by atoms with Crippen LogP contribution in [0.2, 0.25) is 0 Å². The smallest absolute Gasteiger partial charge is 0.0995 e. The first-order valence-corrected chi connectivity index (χ1v) is 13.4. The topological polar surface area (TPSA) is 51.6 Å². The lowest BCUT2D eigenvalue weighted by Crippen LogP contribution is -1.92. The zero-order valence-electron chi connectivity index (χ0n) is 19.0. The maximum atomic E-state index is 4.75. The van der Waals surface area contributed by atoms with Crippen molar-refractivity contribution in [1.29, 1.82) is 0 Å². The van der Waals surface area contributed by atoms with E-state index < -0.39 is 0 Å². The molecule has 0 radical (unpaired) electrons. The molecule has 7 aromatic rings. The third-order valence-electron chi connectivity index (χ3n) is 6.43. The van der Waals surface area contributed by atoms with E-state index >= 15 is 0 Å². The predicted molar refractivity (Wildman–Crippen MR) is 150 cm³/mol. The van der Waals surface area contributed by atoms with E-state index in [0.717, 1.165) is 33.9 Å². The lowest BCUT2D eigenvalue weighted by atomic mass is 9.86. The summed E-state index contributed by atoms with van der Waals surface area (Å²) in [5.74, 6) is 0. The normalized spacial score (nSPS) is 11.3. The fourth-order valence-electron chi connectivity index (χ4n) is 4.82. The molecule has 36 heavy (non-hydrogen) atoms. The zero-order valence-corrected chi connectivity index (χ0v) is 20.6. The minimum atomic E-state index is 0.886. The summed E-state index contributed by atoms with van der Waals surface area (Å²) in [6.07, 6.45) is 3.93. The molecule has 0 aliphatic heterocycles. The second kappa shape index (κ2) is 8.75. The first kappa shape index (κ1) is 21.1. The first-order chi connectivity index (χ1) is 17.9. The average molecular weight is 499 g/mol. The number of pyridine rings is 2. The number of nitrogens with zero attached hydrogens (tertiary/aromatic N) is 4. The molecule has 0 spiro atoms. The van der Waals surface area contributed by atoms with Crippen LogP contribution in [-0.2, 0) is 0 Å². The molecule has 0 aliphatic carbocycles. The molecule has 4 nitrogen and oxygen atoms in total. The van der Waals surface area contributed by atoms with E-state index in [-0.39, 0.29) is 0 Å². The molecule has 3 aromatic carbocycles. The van der Waals surface area contributed by atoms with Crippen molar-refractivity contribution >= 4 is 44.2 Å². The molecule has 0 unspecified atom stereocenters. The van der Waals surface area contributed by atoms with E-state index in [1.807, 2.05) is 34.2 Å². The van der Waals surface area contributed by atoms with E-state index in [9.17, 15) is 0 Å². The van der Waals surface area contributed by atoms with Crippen molar-refractivity contribution in [2.45, 2.75) is 0 Å². The third kappa shape index (κ3) is 3.50. The Balaban J connectivity index is 1.45. The van der Waals surface area contributed by atoms with Crippen molar-refractivity contribution in [3.8, 4) is 45.0 Å². The maximum Gasteiger partial charge on any atom is 0.0995 e. The Morgan fingerprint density at radius 3 is 1.14 bits per heavy atom. The molecule has 170 valence electrons. The number of benzene rings is 3. The second-order valence-electron chi connectivity index (χ2n) is 8.45. The summed E-state index contributed by atoms with van der Waals surface area (Å²) < 4.78 is 0. The van der Waals surface area contributed by atoms with Gasteiger partial charge in [0.15, 0.2) is 0 Å². The third-order valence-corrected chi connectivity index (χ3v) is 7.60. The standard InChI is InChI=1S/C30H18N4S2/c1-2-6-22-21(5-1)29(19-9-11-25(31-13-19)27-15-35-17-33-27)23-7-3-4-8-24(23)30(22)20-10-12-26(32-14-20)28-16-36-18-34-28/h1-18H. The van der Waals surface area contributed by atoms with Crippen LogP contribution in [0.15, 0.2) is 107 Å². The highest BCUT2D eigenvalue weighted by molar-refractivity contribution is 7.08. The Morgan fingerprint density at radius 2 is 0.833 bits per heavy atom. The monoisotopic (exact) mass is 498 g/mol. The van der Waals surface area contributed by atoms with Crippen LogP contribution >= 0.6 is 22.7 Å². The highest BCUT2D eigenvalue weighted by atomic mass is 32.1. The van der Waals surface area contributed by atoms with Crippen molar-refractivity contribution in [3.05, 3.63) is 107 Å². The lowest BCUT2D eigenvalue weighted by molar-refractivity contribution is 1.28. The molecule has 0 aliphatic rings. The van der Waals surface area contributed by atoms with Crippen LogP contribution in [0.25, 0.3) is 66.6 Å². The van der Waals surface area contributed by atoms with Crippen LogP contribution in [-0.4, -0.2) is 19.9 Å². The molecule has 4 heterocycles. The van der Waals surface area contributed by atoms with Gasteiger partial charge in [0.1, 0.15) is 0 Å². The second-order valence-corrected chi connectivity index (χ2v) is 9.89. The lowest BCUT2D eigenvalue weighted by Gasteiger charge is -2.17. The molecule has 6 heteroatoms. The SMILES string of the molecule is c1ccc2c(-c3ccc(-c4cscn4)nc3)c3ccccc3c(-c3ccc(-c4cscn4)nc3)c2c1. The average Bonchev–Trinajstić information content (AvgIpc) is 3.67. The Kier molecular flexibility index (Phi) is 5.12. The largest absolute Gasteiger partial charge is 0.254 e. The van der Waals surface area contributed by atoms with Crippen molar-refractivity contribution in [1.82, 2.24) is 19.9 Å². The number of hydrogen-bond donors (Lipinski definition) is 0. The van der Waals surface area contributed by atoms with Gasteiger partial charge in [-0.05, 0) is 44.8 Å². The molecular weight excluding hydrogens is 480 g/mol. The summed E-state index contributed by atoms with van der Waals surface area (Å²) in [6.45, 7) is 0. The zero-order chi connectivity index (χ0) is 23.9. The van der Waals surface area contributed by atoms with Gasteiger partial charge in [-0.3, -0.25) is 9.97 Å². The molecule has 7 rings (SSSR count). The van der Waals surface area contributed by atoms with Crippen LogP contribution in [0.5, 0.6) is 0 Å². The fraction of sp³-hybridized carbons (Fsp3) is 0. The molecule has 0 fully saturated rings. The highest BCUT2D eigenvalue weighted by Crippen LogP contribution is 2.43. The summed E-state index contributed by atoms with van der Waals surface area (Å²) >= 11 is 3.16. The van der Waals surface area contributed by atoms with Gasteiger partial charge in [0, 0.05) is 34.3 Å². The van der Waals surface area contributed by atoms with Crippen molar-refractivity contribution in [2.75, 3.05) is 0 Å². The summed E-state index contributed by atoms with van der Waals surface area (Å²) in [7, 11) is 0. The quantitative estimate of drug-likeness (QED) is 0.229. The fourth-order valence-corrected chi connectivity index (χ4v) is 5.91. The molecule has 0 bridgehead atoms. The predicted octanol–water partition coefficient (Wildman–Crippen LogP) is 8.36. The van der Waals surface area contributed by atoms with Crippen LogP contribution in [0.3, 0.4) is 0 Å². The van der Waals surface area contributed by atoms with E-state index in [4.69, 9.17) is 9.97 Å².